The summed E-state index contributed by atoms with van der Waals surface area (Å²) in [4.78, 5) is 12.4. The summed E-state index contributed by atoms with van der Waals surface area (Å²) in [5, 5.41) is 14.1. The molecule has 1 amide bonds. The van der Waals surface area contributed by atoms with Gasteiger partial charge in [-0.05, 0) is 38.1 Å². The smallest absolute Gasteiger partial charge is 0.263 e. The van der Waals surface area contributed by atoms with E-state index in [4.69, 9.17) is 16.7 Å². The predicted molar refractivity (Wildman–Crippen MR) is 67.3 cm³/mol. The number of nitrogens with one attached hydrogen (secondary N) is 1. The monoisotopic (exact) mass is 261 g/mol. The zero-order chi connectivity index (χ0) is 12.3. The molecule has 0 aliphatic heterocycles. The molecule has 0 atom stereocenters. The van der Waals surface area contributed by atoms with E-state index in [1.165, 1.54) is 11.3 Å². The van der Waals surface area contributed by atoms with Gasteiger partial charge in [0.25, 0.3) is 5.91 Å². The first kappa shape index (κ1) is 13.5. The minimum absolute atomic E-state index is 0.0461. The van der Waals surface area contributed by atoms with Crippen molar-refractivity contribution >= 4 is 28.8 Å². The minimum atomic E-state index is -0.424. The van der Waals surface area contributed by atoms with Crippen LogP contribution in [0.2, 0.25) is 5.02 Å². The van der Waals surface area contributed by atoms with Gasteiger partial charge in [-0.1, -0.05) is 11.6 Å². The van der Waals surface area contributed by atoms with Gasteiger partial charge in [0.1, 0.15) is 4.88 Å². The van der Waals surface area contributed by atoms with Crippen LogP contribution in [0.1, 0.15) is 35.5 Å². The third kappa shape index (κ3) is 3.20. The Bertz CT molecular complexity index is 387. The van der Waals surface area contributed by atoms with E-state index in [-0.39, 0.29) is 12.5 Å². The number of carbonyl (C=O) groups is 1. The van der Waals surface area contributed by atoms with E-state index in [0.717, 1.165) is 5.56 Å². The van der Waals surface area contributed by atoms with E-state index in [1.807, 2.05) is 26.2 Å². The predicted octanol–water partition coefficient (Wildman–Crippen LogP) is 2.60. The van der Waals surface area contributed by atoms with Gasteiger partial charge in [-0.15, -0.1) is 11.3 Å². The second-order valence-electron chi connectivity index (χ2n) is 4.37. The molecule has 0 aliphatic rings. The van der Waals surface area contributed by atoms with Crippen LogP contribution in [0.25, 0.3) is 0 Å². The number of aliphatic hydroxyl groups excluding tert-OH is 1. The number of thiophene rings is 1. The summed E-state index contributed by atoms with van der Waals surface area (Å²) in [6.07, 6.45) is 0.515. The SMILES string of the molecule is Cc1csc(C(=O)NC(C)(C)CCO)c1Cl. The highest BCUT2D eigenvalue weighted by atomic mass is 35.5. The Balaban J connectivity index is 2.77. The number of amides is 1. The second-order valence-corrected chi connectivity index (χ2v) is 5.63. The molecule has 3 nitrogen and oxygen atoms in total. The van der Waals surface area contributed by atoms with Crippen molar-refractivity contribution in [3.05, 3.63) is 20.8 Å². The van der Waals surface area contributed by atoms with Crippen molar-refractivity contribution in [3.8, 4) is 0 Å². The van der Waals surface area contributed by atoms with E-state index in [2.05, 4.69) is 5.32 Å². The Morgan fingerprint density at radius 3 is 2.69 bits per heavy atom. The molecule has 0 radical (unpaired) electrons. The van der Waals surface area contributed by atoms with Gasteiger partial charge in [-0.3, -0.25) is 4.79 Å². The van der Waals surface area contributed by atoms with Gasteiger partial charge in [0.15, 0.2) is 0 Å². The molecule has 0 aliphatic carbocycles. The molecule has 0 aromatic carbocycles. The molecule has 16 heavy (non-hydrogen) atoms. The average Bonchev–Trinajstić information content (AvgIpc) is 2.46. The Kier molecular flexibility index (Phi) is 4.35. The van der Waals surface area contributed by atoms with Crippen molar-refractivity contribution in [1.82, 2.24) is 5.32 Å². The largest absolute Gasteiger partial charge is 0.396 e. The highest BCUT2D eigenvalue weighted by Gasteiger charge is 2.23. The van der Waals surface area contributed by atoms with Crippen LogP contribution in [0.4, 0.5) is 0 Å². The highest BCUT2D eigenvalue weighted by molar-refractivity contribution is 7.13. The molecule has 90 valence electrons. The number of carbonyl (C=O) groups excluding carboxylic acids is 1. The van der Waals surface area contributed by atoms with Crippen molar-refractivity contribution in [1.29, 1.82) is 0 Å². The zero-order valence-electron chi connectivity index (χ0n) is 9.63. The first-order valence-electron chi connectivity index (χ1n) is 5.04. The molecule has 0 fully saturated rings. The third-order valence-electron chi connectivity index (χ3n) is 2.29. The fourth-order valence-electron chi connectivity index (χ4n) is 1.29. The fraction of sp³-hybridized carbons (Fsp3) is 0.545. The van der Waals surface area contributed by atoms with Crippen LogP contribution in [0.15, 0.2) is 5.38 Å². The van der Waals surface area contributed by atoms with Crippen LogP contribution in [0.5, 0.6) is 0 Å². The summed E-state index contributed by atoms with van der Waals surface area (Å²) in [7, 11) is 0. The van der Waals surface area contributed by atoms with E-state index >= 15 is 0 Å². The summed E-state index contributed by atoms with van der Waals surface area (Å²) in [6, 6.07) is 0. The topological polar surface area (TPSA) is 49.3 Å². The normalized spacial score (nSPS) is 11.6. The highest BCUT2D eigenvalue weighted by Crippen LogP contribution is 2.27. The molecule has 0 bridgehead atoms. The Labute approximate surface area is 104 Å². The molecule has 0 saturated carbocycles. The fourth-order valence-corrected chi connectivity index (χ4v) is 2.46. The Hall–Kier alpha value is -0.580. The molecule has 1 aromatic heterocycles. The minimum Gasteiger partial charge on any atom is -0.396 e. The van der Waals surface area contributed by atoms with Crippen LogP contribution >= 0.6 is 22.9 Å². The maximum Gasteiger partial charge on any atom is 0.263 e. The lowest BCUT2D eigenvalue weighted by atomic mass is 10.0. The number of hydrogen-bond donors (Lipinski definition) is 2. The van der Waals surface area contributed by atoms with Gasteiger partial charge in [0.05, 0.1) is 5.02 Å². The van der Waals surface area contributed by atoms with E-state index in [9.17, 15) is 4.79 Å². The summed E-state index contributed by atoms with van der Waals surface area (Å²) >= 11 is 7.35. The molecule has 1 rings (SSSR count). The van der Waals surface area contributed by atoms with Gasteiger partial charge in [0.2, 0.25) is 0 Å². The number of halogens is 1. The van der Waals surface area contributed by atoms with Crippen molar-refractivity contribution in [2.75, 3.05) is 6.61 Å². The van der Waals surface area contributed by atoms with Crippen molar-refractivity contribution in [3.63, 3.8) is 0 Å². The molecule has 2 N–H and O–H groups in total. The first-order valence-corrected chi connectivity index (χ1v) is 6.30. The van der Waals surface area contributed by atoms with Crippen LogP contribution in [-0.4, -0.2) is 23.2 Å². The molecule has 0 spiro atoms. The maximum atomic E-state index is 11.9. The standard InChI is InChI=1S/C11H16ClNO2S/c1-7-6-16-9(8(7)12)10(15)13-11(2,3)4-5-14/h6,14H,4-5H2,1-3H3,(H,13,15). The summed E-state index contributed by atoms with van der Waals surface area (Å²) in [5.74, 6) is -0.179. The lowest BCUT2D eigenvalue weighted by Gasteiger charge is -2.25. The van der Waals surface area contributed by atoms with Gasteiger partial charge in [-0.25, -0.2) is 0 Å². The van der Waals surface area contributed by atoms with Crippen LogP contribution < -0.4 is 5.32 Å². The van der Waals surface area contributed by atoms with Gasteiger partial charge < -0.3 is 10.4 Å². The molecule has 0 saturated heterocycles. The quantitative estimate of drug-likeness (QED) is 0.875. The number of aryl methyl sites for hydroxylation is 1. The van der Waals surface area contributed by atoms with E-state index < -0.39 is 5.54 Å². The van der Waals surface area contributed by atoms with Crippen molar-refractivity contribution in [2.24, 2.45) is 0 Å². The number of aliphatic hydroxyl groups is 1. The lowest BCUT2D eigenvalue weighted by molar-refractivity contribution is 0.0904. The maximum absolute atomic E-state index is 11.9. The van der Waals surface area contributed by atoms with Gasteiger partial charge in [-0.2, -0.15) is 0 Å². The Morgan fingerprint density at radius 2 is 2.25 bits per heavy atom. The van der Waals surface area contributed by atoms with Crippen LogP contribution in [0, 0.1) is 6.92 Å². The average molecular weight is 262 g/mol. The number of hydrogen-bond acceptors (Lipinski definition) is 3. The third-order valence-corrected chi connectivity index (χ3v) is 3.99. The van der Waals surface area contributed by atoms with Crippen molar-refractivity contribution < 1.29 is 9.90 Å². The van der Waals surface area contributed by atoms with Crippen LogP contribution in [-0.2, 0) is 0 Å². The van der Waals surface area contributed by atoms with E-state index in [0.29, 0.717) is 16.3 Å². The summed E-state index contributed by atoms with van der Waals surface area (Å²) in [6.45, 7) is 5.66. The Morgan fingerprint density at radius 1 is 1.62 bits per heavy atom. The molecular formula is C11H16ClNO2S. The first-order chi connectivity index (χ1) is 7.37. The molecular weight excluding hydrogens is 246 g/mol. The second kappa shape index (κ2) is 5.17. The lowest BCUT2D eigenvalue weighted by Crippen LogP contribution is -2.43. The summed E-state index contributed by atoms with van der Waals surface area (Å²) < 4.78 is 0. The van der Waals surface area contributed by atoms with Crippen LogP contribution in [0.3, 0.4) is 0 Å². The summed E-state index contributed by atoms with van der Waals surface area (Å²) in [5.41, 5.74) is 0.490. The molecule has 1 aromatic rings. The van der Waals surface area contributed by atoms with Gasteiger partial charge in [0, 0.05) is 12.1 Å². The van der Waals surface area contributed by atoms with E-state index in [1.54, 1.807) is 0 Å². The molecule has 5 heteroatoms. The van der Waals surface area contributed by atoms with Gasteiger partial charge >= 0.3 is 0 Å². The zero-order valence-corrected chi connectivity index (χ0v) is 11.2. The number of rotatable bonds is 4. The molecule has 0 unspecified atom stereocenters. The van der Waals surface area contributed by atoms with Crippen molar-refractivity contribution in [2.45, 2.75) is 32.7 Å². The molecule has 1 heterocycles.